The van der Waals surface area contributed by atoms with Gasteiger partial charge in [0.2, 0.25) is 5.82 Å². The molecule has 0 unspecified atom stereocenters. The number of hydrogen-bond donors (Lipinski definition) is 0. The maximum atomic E-state index is 14.2. The van der Waals surface area contributed by atoms with Crippen molar-refractivity contribution in [1.29, 1.82) is 0 Å². The quantitative estimate of drug-likeness (QED) is 0.494. The Balaban J connectivity index is 2.28. The summed E-state index contributed by atoms with van der Waals surface area (Å²) in [5, 5.41) is 0. The van der Waals surface area contributed by atoms with E-state index < -0.39 is 11.6 Å². The molecule has 0 heterocycles. The van der Waals surface area contributed by atoms with Crippen LogP contribution in [0.5, 0.6) is 5.75 Å². The molecule has 3 heteroatoms. The second-order valence-corrected chi connectivity index (χ2v) is 4.85. The Labute approximate surface area is 129 Å². The van der Waals surface area contributed by atoms with Gasteiger partial charge in [-0.05, 0) is 43.0 Å². The molecule has 0 spiro atoms. The molecule has 2 rings (SSSR count). The van der Waals surface area contributed by atoms with Crippen molar-refractivity contribution in [2.75, 3.05) is 0 Å². The van der Waals surface area contributed by atoms with Gasteiger partial charge in [0.1, 0.15) is 0 Å². The van der Waals surface area contributed by atoms with E-state index in [0.717, 1.165) is 18.4 Å². The highest BCUT2D eigenvalue weighted by Gasteiger charge is 2.15. The Morgan fingerprint density at radius 3 is 2.41 bits per heavy atom. The minimum absolute atomic E-state index is 0.123. The number of benzene rings is 2. The summed E-state index contributed by atoms with van der Waals surface area (Å²) in [5.41, 5.74) is 1.99. The maximum absolute atomic E-state index is 14.2. The lowest BCUT2D eigenvalue weighted by Crippen LogP contribution is -1.95. The van der Waals surface area contributed by atoms with Gasteiger partial charge in [-0.2, -0.15) is 4.39 Å². The highest BCUT2D eigenvalue weighted by atomic mass is 19.2. The zero-order valence-corrected chi connectivity index (χ0v) is 12.5. The molecule has 2 aromatic rings. The summed E-state index contributed by atoms with van der Waals surface area (Å²) in [5.74, 6) is -2.01. The zero-order chi connectivity index (χ0) is 15.9. The van der Waals surface area contributed by atoms with Crippen LogP contribution in [0, 0.1) is 11.6 Å². The number of aryl methyl sites for hydroxylation is 1. The minimum atomic E-state index is -0.980. The van der Waals surface area contributed by atoms with Gasteiger partial charge in [-0.25, -0.2) is 4.39 Å². The molecule has 1 nitrogen and oxygen atoms in total. The third kappa shape index (κ3) is 3.61. The summed E-state index contributed by atoms with van der Waals surface area (Å²) in [6, 6.07) is 10.4. The smallest absolute Gasteiger partial charge is 0.201 e. The van der Waals surface area contributed by atoms with E-state index in [2.05, 4.69) is 6.58 Å². The standard InChI is InChI=1S/C19H18F2O/c1-3-5-6-14-7-9-15(10-8-14)16-11-12-17(22-13-4-2)19(21)18(16)20/h3-4,7-13H,1,5-6H2,2H3/b13-4+. The molecule has 0 aliphatic rings. The van der Waals surface area contributed by atoms with Gasteiger partial charge >= 0.3 is 0 Å². The van der Waals surface area contributed by atoms with Gasteiger partial charge < -0.3 is 4.74 Å². The molecule has 0 aromatic heterocycles. The van der Waals surface area contributed by atoms with Crippen LogP contribution in [0.4, 0.5) is 8.78 Å². The minimum Gasteiger partial charge on any atom is -0.462 e. The first-order valence-corrected chi connectivity index (χ1v) is 7.13. The average Bonchev–Trinajstić information content (AvgIpc) is 2.55. The third-order valence-electron chi connectivity index (χ3n) is 3.28. The van der Waals surface area contributed by atoms with Gasteiger partial charge in [-0.1, -0.05) is 36.4 Å². The molecule has 0 bridgehead atoms. The highest BCUT2D eigenvalue weighted by Crippen LogP contribution is 2.30. The fourth-order valence-electron chi connectivity index (χ4n) is 2.11. The van der Waals surface area contributed by atoms with E-state index in [1.807, 2.05) is 18.2 Å². The molecule has 2 aromatic carbocycles. The van der Waals surface area contributed by atoms with E-state index in [4.69, 9.17) is 4.74 Å². The van der Waals surface area contributed by atoms with Gasteiger partial charge in [-0.15, -0.1) is 6.58 Å². The molecule has 114 valence electrons. The fourth-order valence-corrected chi connectivity index (χ4v) is 2.11. The van der Waals surface area contributed by atoms with Crippen molar-refractivity contribution in [2.24, 2.45) is 0 Å². The van der Waals surface area contributed by atoms with Crippen LogP contribution in [-0.2, 0) is 6.42 Å². The first-order valence-electron chi connectivity index (χ1n) is 7.13. The number of ether oxygens (including phenoxy) is 1. The summed E-state index contributed by atoms with van der Waals surface area (Å²) in [7, 11) is 0. The number of rotatable bonds is 6. The van der Waals surface area contributed by atoms with Crippen LogP contribution in [0.3, 0.4) is 0 Å². The molecular weight excluding hydrogens is 282 g/mol. The van der Waals surface area contributed by atoms with Crippen molar-refractivity contribution in [3.05, 3.63) is 78.6 Å². The lowest BCUT2D eigenvalue weighted by atomic mass is 10.0. The van der Waals surface area contributed by atoms with Gasteiger partial charge in [0.15, 0.2) is 11.6 Å². The van der Waals surface area contributed by atoms with E-state index in [1.165, 1.54) is 18.4 Å². The second-order valence-electron chi connectivity index (χ2n) is 4.85. The topological polar surface area (TPSA) is 9.23 Å². The molecular formula is C19H18F2O. The van der Waals surface area contributed by atoms with Gasteiger partial charge in [-0.3, -0.25) is 0 Å². The normalized spacial score (nSPS) is 10.9. The van der Waals surface area contributed by atoms with E-state index in [1.54, 1.807) is 25.1 Å². The SMILES string of the molecule is C=CCCc1ccc(-c2ccc(O/C=C/C)c(F)c2F)cc1. The predicted molar refractivity (Wildman–Crippen MR) is 85.8 cm³/mol. The van der Waals surface area contributed by atoms with E-state index >= 15 is 0 Å². The van der Waals surface area contributed by atoms with Crippen molar-refractivity contribution in [2.45, 2.75) is 19.8 Å². The summed E-state index contributed by atoms with van der Waals surface area (Å²) in [4.78, 5) is 0. The second kappa shape index (κ2) is 7.55. The Morgan fingerprint density at radius 1 is 1.05 bits per heavy atom. The van der Waals surface area contributed by atoms with Crippen molar-refractivity contribution in [1.82, 2.24) is 0 Å². The molecule has 0 aliphatic heterocycles. The van der Waals surface area contributed by atoms with Crippen LogP contribution in [0.15, 0.2) is 61.4 Å². The molecule has 22 heavy (non-hydrogen) atoms. The molecule has 0 atom stereocenters. The lowest BCUT2D eigenvalue weighted by Gasteiger charge is -2.09. The molecule has 0 saturated carbocycles. The van der Waals surface area contributed by atoms with Crippen LogP contribution in [0.2, 0.25) is 0 Å². The summed E-state index contributed by atoms with van der Waals surface area (Å²) >= 11 is 0. The number of halogens is 2. The van der Waals surface area contributed by atoms with Gasteiger partial charge in [0.05, 0.1) is 6.26 Å². The van der Waals surface area contributed by atoms with Crippen molar-refractivity contribution in [3.8, 4) is 16.9 Å². The Hall–Kier alpha value is -2.42. The third-order valence-corrected chi connectivity index (χ3v) is 3.28. The summed E-state index contributed by atoms with van der Waals surface area (Å²) < 4.78 is 33.2. The average molecular weight is 300 g/mol. The maximum Gasteiger partial charge on any atom is 0.201 e. The summed E-state index contributed by atoms with van der Waals surface area (Å²) in [6.07, 6.45) is 6.54. The molecule has 0 amide bonds. The molecule has 0 radical (unpaired) electrons. The van der Waals surface area contributed by atoms with Crippen LogP contribution < -0.4 is 4.74 Å². The van der Waals surface area contributed by atoms with E-state index in [9.17, 15) is 8.78 Å². The van der Waals surface area contributed by atoms with Crippen molar-refractivity contribution >= 4 is 0 Å². The number of hydrogen-bond acceptors (Lipinski definition) is 1. The Bertz CT molecular complexity index is 673. The Morgan fingerprint density at radius 2 is 1.77 bits per heavy atom. The van der Waals surface area contributed by atoms with Crippen LogP contribution in [-0.4, -0.2) is 0 Å². The molecule has 0 saturated heterocycles. The fraction of sp³-hybridized carbons (Fsp3) is 0.158. The first kappa shape index (κ1) is 16.0. The van der Waals surface area contributed by atoms with Crippen LogP contribution in [0.25, 0.3) is 11.1 Å². The van der Waals surface area contributed by atoms with Crippen molar-refractivity contribution in [3.63, 3.8) is 0 Å². The highest BCUT2D eigenvalue weighted by molar-refractivity contribution is 5.65. The molecule has 0 N–H and O–H groups in total. The van der Waals surface area contributed by atoms with Crippen LogP contribution in [0.1, 0.15) is 18.9 Å². The molecule has 0 aliphatic carbocycles. The van der Waals surface area contributed by atoms with E-state index in [-0.39, 0.29) is 11.3 Å². The Kier molecular flexibility index (Phi) is 5.48. The monoisotopic (exact) mass is 300 g/mol. The molecule has 0 fully saturated rings. The zero-order valence-electron chi connectivity index (χ0n) is 12.5. The van der Waals surface area contributed by atoms with Gasteiger partial charge in [0, 0.05) is 5.56 Å². The van der Waals surface area contributed by atoms with E-state index in [0.29, 0.717) is 5.56 Å². The summed E-state index contributed by atoms with van der Waals surface area (Å²) in [6.45, 7) is 5.42. The largest absolute Gasteiger partial charge is 0.462 e. The van der Waals surface area contributed by atoms with Gasteiger partial charge in [0.25, 0.3) is 0 Å². The van der Waals surface area contributed by atoms with Crippen molar-refractivity contribution < 1.29 is 13.5 Å². The van der Waals surface area contributed by atoms with Crippen LogP contribution >= 0.6 is 0 Å². The predicted octanol–water partition coefficient (Wildman–Crippen LogP) is 5.66. The lowest BCUT2D eigenvalue weighted by molar-refractivity contribution is 0.415. The first-order chi connectivity index (χ1) is 10.7. The number of allylic oxidation sites excluding steroid dienone is 2.